The number of carboxylic acids is 2. The number of nitrogens with two attached hydrogens (primary N) is 1. The van der Waals surface area contributed by atoms with Gasteiger partial charge in [-0.05, 0) is 19.4 Å². The van der Waals surface area contributed by atoms with E-state index in [-0.39, 0.29) is 12.8 Å². The van der Waals surface area contributed by atoms with Crippen molar-refractivity contribution in [2.24, 2.45) is 5.73 Å². The maximum absolute atomic E-state index is 10.1. The molecule has 16 heavy (non-hydrogen) atoms. The van der Waals surface area contributed by atoms with Gasteiger partial charge in [0.25, 0.3) is 0 Å². The standard InChI is InChI=1S/C9H16O4.C2H7N/c10-8(11)6-4-2-1-3-5-7-9(12)13;1-2-3/h1-7H2,(H,10,11)(H,12,13);2-3H2,1H3. The average molecular weight is 233 g/mol. The Morgan fingerprint density at radius 2 is 1.12 bits per heavy atom. The van der Waals surface area contributed by atoms with E-state index in [4.69, 9.17) is 15.9 Å². The molecule has 5 heteroatoms. The summed E-state index contributed by atoms with van der Waals surface area (Å²) in [4.78, 5) is 20.2. The van der Waals surface area contributed by atoms with Crippen LogP contribution in [0.1, 0.15) is 51.9 Å². The van der Waals surface area contributed by atoms with Gasteiger partial charge in [-0.2, -0.15) is 0 Å². The molecular formula is C11H23NO4. The lowest BCUT2D eigenvalue weighted by molar-refractivity contribution is -0.138. The molecule has 4 N–H and O–H groups in total. The second-order valence-corrected chi connectivity index (χ2v) is 3.46. The zero-order chi connectivity index (χ0) is 12.8. The summed E-state index contributed by atoms with van der Waals surface area (Å²) >= 11 is 0. The highest BCUT2D eigenvalue weighted by Crippen LogP contribution is 2.06. The fraction of sp³-hybridized carbons (Fsp3) is 0.818. The van der Waals surface area contributed by atoms with Gasteiger partial charge in [0.1, 0.15) is 0 Å². The van der Waals surface area contributed by atoms with Crippen LogP contribution in [0, 0.1) is 0 Å². The van der Waals surface area contributed by atoms with Crippen molar-refractivity contribution in [3.63, 3.8) is 0 Å². The number of carboxylic acid groups (broad SMARTS) is 2. The van der Waals surface area contributed by atoms with E-state index < -0.39 is 11.9 Å². The van der Waals surface area contributed by atoms with Crippen LogP contribution in [0.15, 0.2) is 0 Å². The Morgan fingerprint density at radius 1 is 0.875 bits per heavy atom. The Hall–Kier alpha value is -1.10. The Bertz CT molecular complexity index is 165. The molecule has 0 spiro atoms. The summed E-state index contributed by atoms with van der Waals surface area (Å²) in [6, 6.07) is 0. The second-order valence-electron chi connectivity index (χ2n) is 3.46. The van der Waals surface area contributed by atoms with Crippen LogP contribution < -0.4 is 5.73 Å². The Morgan fingerprint density at radius 3 is 1.38 bits per heavy atom. The predicted molar refractivity (Wildman–Crippen MR) is 62.3 cm³/mol. The smallest absolute Gasteiger partial charge is 0.303 e. The third-order valence-electron chi connectivity index (χ3n) is 1.78. The predicted octanol–water partition coefficient (Wildman–Crippen LogP) is 1.85. The van der Waals surface area contributed by atoms with Crippen LogP contribution in [0.3, 0.4) is 0 Å². The molecule has 0 aliphatic carbocycles. The average Bonchev–Trinajstić information content (AvgIpc) is 2.16. The molecule has 0 saturated heterocycles. The van der Waals surface area contributed by atoms with Gasteiger partial charge in [0, 0.05) is 12.8 Å². The molecule has 96 valence electrons. The van der Waals surface area contributed by atoms with Crippen molar-refractivity contribution in [1.29, 1.82) is 0 Å². The van der Waals surface area contributed by atoms with Gasteiger partial charge in [-0.3, -0.25) is 9.59 Å². The molecule has 0 aromatic rings. The van der Waals surface area contributed by atoms with Crippen molar-refractivity contribution < 1.29 is 19.8 Å². The van der Waals surface area contributed by atoms with Crippen molar-refractivity contribution in [3.8, 4) is 0 Å². The lowest BCUT2D eigenvalue weighted by Gasteiger charge is -1.97. The Kier molecular flexibility index (Phi) is 15.0. The number of hydrogen-bond acceptors (Lipinski definition) is 3. The van der Waals surface area contributed by atoms with Crippen LogP contribution in [0.25, 0.3) is 0 Å². The van der Waals surface area contributed by atoms with Crippen LogP contribution in [0.5, 0.6) is 0 Å². The van der Waals surface area contributed by atoms with Crippen LogP contribution >= 0.6 is 0 Å². The van der Waals surface area contributed by atoms with E-state index in [1.807, 2.05) is 6.92 Å². The molecule has 0 aliphatic rings. The van der Waals surface area contributed by atoms with Crippen LogP contribution in [-0.4, -0.2) is 28.7 Å². The number of unbranched alkanes of at least 4 members (excludes halogenated alkanes) is 4. The largest absolute Gasteiger partial charge is 0.481 e. The highest BCUT2D eigenvalue weighted by molar-refractivity contribution is 5.66. The van der Waals surface area contributed by atoms with Gasteiger partial charge in [-0.25, -0.2) is 0 Å². The minimum Gasteiger partial charge on any atom is -0.481 e. The molecule has 5 nitrogen and oxygen atoms in total. The molecule has 0 aromatic carbocycles. The number of rotatable bonds is 8. The van der Waals surface area contributed by atoms with E-state index in [1.165, 1.54) is 0 Å². The monoisotopic (exact) mass is 233 g/mol. The third-order valence-corrected chi connectivity index (χ3v) is 1.78. The summed E-state index contributed by atoms with van der Waals surface area (Å²) < 4.78 is 0. The van der Waals surface area contributed by atoms with Gasteiger partial charge in [0.15, 0.2) is 0 Å². The molecule has 0 aliphatic heterocycles. The normalized spacial score (nSPS) is 9.12. The molecule has 0 atom stereocenters. The summed E-state index contributed by atoms with van der Waals surface area (Å²) in [5.41, 5.74) is 4.85. The van der Waals surface area contributed by atoms with Gasteiger partial charge in [0.05, 0.1) is 0 Å². The van der Waals surface area contributed by atoms with Gasteiger partial charge < -0.3 is 15.9 Å². The van der Waals surface area contributed by atoms with Gasteiger partial charge in [-0.15, -0.1) is 0 Å². The van der Waals surface area contributed by atoms with Crippen molar-refractivity contribution in [1.82, 2.24) is 0 Å². The number of aliphatic carboxylic acids is 2. The number of carbonyl (C=O) groups is 2. The summed E-state index contributed by atoms with van der Waals surface area (Å²) in [7, 11) is 0. The van der Waals surface area contributed by atoms with Crippen molar-refractivity contribution >= 4 is 11.9 Å². The second kappa shape index (κ2) is 13.9. The van der Waals surface area contributed by atoms with E-state index >= 15 is 0 Å². The van der Waals surface area contributed by atoms with Gasteiger partial charge >= 0.3 is 11.9 Å². The molecule has 0 rings (SSSR count). The molecule has 0 radical (unpaired) electrons. The molecule has 0 unspecified atom stereocenters. The van der Waals surface area contributed by atoms with Crippen molar-refractivity contribution in [2.45, 2.75) is 51.9 Å². The number of hydrogen-bond donors (Lipinski definition) is 3. The third kappa shape index (κ3) is 23.1. The van der Waals surface area contributed by atoms with Crippen LogP contribution in [0.2, 0.25) is 0 Å². The fourth-order valence-corrected chi connectivity index (χ4v) is 1.08. The van der Waals surface area contributed by atoms with E-state index in [9.17, 15) is 9.59 Å². The van der Waals surface area contributed by atoms with E-state index in [2.05, 4.69) is 0 Å². The topological polar surface area (TPSA) is 101 Å². The van der Waals surface area contributed by atoms with Crippen molar-refractivity contribution in [3.05, 3.63) is 0 Å². The van der Waals surface area contributed by atoms with Crippen molar-refractivity contribution in [2.75, 3.05) is 6.54 Å². The SMILES string of the molecule is CCN.O=C(O)CCCCCCCC(=O)O. The Balaban J connectivity index is 0. The Labute approximate surface area is 96.6 Å². The maximum atomic E-state index is 10.1. The van der Waals surface area contributed by atoms with E-state index in [1.54, 1.807) is 0 Å². The van der Waals surface area contributed by atoms with Crippen LogP contribution in [-0.2, 0) is 9.59 Å². The minimum absolute atomic E-state index is 0.221. The summed E-state index contributed by atoms with van der Waals surface area (Å²) in [6.07, 6.45) is 4.53. The first-order valence-corrected chi connectivity index (χ1v) is 5.68. The summed E-state index contributed by atoms with van der Waals surface area (Å²) in [5, 5.41) is 16.6. The highest BCUT2D eigenvalue weighted by atomic mass is 16.4. The first-order valence-electron chi connectivity index (χ1n) is 5.68. The molecule has 0 bridgehead atoms. The zero-order valence-corrected chi connectivity index (χ0v) is 9.95. The maximum Gasteiger partial charge on any atom is 0.303 e. The molecule has 0 saturated carbocycles. The quantitative estimate of drug-likeness (QED) is 0.555. The fourth-order valence-electron chi connectivity index (χ4n) is 1.08. The molecular weight excluding hydrogens is 210 g/mol. The van der Waals surface area contributed by atoms with Gasteiger partial charge in [-0.1, -0.05) is 26.2 Å². The lowest BCUT2D eigenvalue weighted by atomic mass is 10.1. The van der Waals surface area contributed by atoms with E-state index in [0.29, 0.717) is 12.8 Å². The van der Waals surface area contributed by atoms with Crippen LogP contribution in [0.4, 0.5) is 0 Å². The molecule has 0 fully saturated rings. The summed E-state index contributed by atoms with van der Waals surface area (Å²) in [6.45, 7) is 2.65. The minimum atomic E-state index is -0.759. The zero-order valence-electron chi connectivity index (χ0n) is 9.95. The molecule has 0 amide bonds. The molecule has 0 aromatic heterocycles. The summed E-state index contributed by atoms with van der Waals surface area (Å²) in [5.74, 6) is -1.52. The molecule has 0 heterocycles. The van der Waals surface area contributed by atoms with E-state index in [0.717, 1.165) is 25.8 Å². The first kappa shape index (κ1) is 17.3. The van der Waals surface area contributed by atoms with Gasteiger partial charge in [0.2, 0.25) is 0 Å². The first-order chi connectivity index (χ1) is 7.54. The lowest BCUT2D eigenvalue weighted by Crippen LogP contribution is -1.95. The highest BCUT2D eigenvalue weighted by Gasteiger charge is 1.98.